The lowest BCUT2D eigenvalue weighted by molar-refractivity contribution is -0.156. The van der Waals surface area contributed by atoms with Crippen LogP contribution < -0.4 is 4.74 Å². The fourth-order valence-corrected chi connectivity index (χ4v) is 4.92. The van der Waals surface area contributed by atoms with Crippen LogP contribution in [0.3, 0.4) is 0 Å². The van der Waals surface area contributed by atoms with Crippen LogP contribution in [-0.4, -0.2) is 35.0 Å². The van der Waals surface area contributed by atoms with Crippen LogP contribution >= 0.6 is 0 Å². The highest BCUT2D eigenvalue weighted by Crippen LogP contribution is 2.30. The van der Waals surface area contributed by atoms with Crippen molar-refractivity contribution in [3.05, 3.63) is 77.6 Å². The maximum absolute atomic E-state index is 14.1. The second-order valence-electron chi connectivity index (χ2n) is 10.2. The van der Waals surface area contributed by atoms with Crippen molar-refractivity contribution in [3.8, 4) is 5.75 Å². The second-order valence-corrected chi connectivity index (χ2v) is 10.2. The van der Waals surface area contributed by atoms with E-state index in [1.807, 2.05) is 36.4 Å². The third-order valence-corrected chi connectivity index (χ3v) is 7.17. The van der Waals surface area contributed by atoms with Gasteiger partial charge in [0.1, 0.15) is 11.6 Å². The quantitative estimate of drug-likeness (QED) is 0.141. The second kappa shape index (κ2) is 16.5. The molecule has 0 fully saturated rings. The molecule has 1 N–H and O–H groups in total. The minimum Gasteiger partial charge on any atom is -0.493 e. The Kier molecular flexibility index (Phi) is 12.8. The van der Waals surface area contributed by atoms with E-state index in [1.54, 1.807) is 18.2 Å². The summed E-state index contributed by atoms with van der Waals surface area (Å²) < 4.78 is 20.2. The minimum atomic E-state index is -1.52. The van der Waals surface area contributed by atoms with Gasteiger partial charge in [-0.15, -0.1) is 0 Å². The Hall–Kier alpha value is -3.41. The maximum atomic E-state index is 14.1. The molecule has 0 unspecified atom stereocenters. The molecule has 0 saturated carbocycles. The molecule has 0 aliphatic heterocycles. The van der Waals surface area contributed by atoms with Gasteiger partial charge in [0.05, 0.1) is 6.61 Å². The number of ether oxygens (including phenoxy) is 1. The molecular formula is C33H42FNO4. The summed E-state index contributed by atoms with van der Waals surface area (Å²) in [6, 6.07) is 17.9. The van der Waals surface area contributed by atoms with Crippen LogP contribution in [0.15, 0.2) is 60.7 Å². The standard InChI is InChI=1S/C33H42FNO4/c1-2-3-4-5-6-7-8-9-10-15-24-39-31-21-20-27(28-17-12-13-18-29(28)31)25-35(32(36)33(37)38)23-22-26-16-11-14-19-30(26)34/h11-14,16-21H,2-10,15,22-25H2,1H3,(H,37,38). The van der Waals surface area contributed by atoms with Gasteiger partial charge in [-0.3, -0.25) is 4.79 Å². The van der Waals surface area contributed by atoms with Crippen molar-refractivity contribution in [2.75, 3.05) is 13.2 Å². The van der Waals surface area contributed by atoms with Gasteiger partial charge in [-0.1, -0.05) is 113 Å². The average Bonchev–Trinajstić information content (AvgIpc) is 2.95. The molecule has 0 radical (unpaired) electrons. The number of amides is 1. The smallest absolute Gasteiger partial charge is 0.394 e. The van der Waals surface area contributed by atoms with Crippen molar-refractivity contribution in [2.24, 2.45) is 0 Å². The van der Waals surface area contributed by atoms with Gasteiger partial charge in [-0.05, 0) is 41.5 Å². The molecule has 3 aromatic carbocycles. The van der Waals surface area contributed by atoms with Gasteiger partial charge in [-0.2, -0.15) is 0 Å². The topological polar surface area (TPSA) is 66.8 Å². The highest BCUT2D eigenvalue weighted by Gasteiger charge is 2.22. The number of carboxylic acid groups (broad SMARTS) is 1. The summed E-state index contributed by atoms with van der Waals surface area (Å²) in [4.78, 5) is 25.3. The molecule has 0 spiro atoms. The highest BCUT2D eigenvalue weighted by atomic mass is 19.1. The summed E-state index contributed by atoms with van der Waals surface area (Å²) in [5.74, 6) is -2.11. The Morgan fingerprint density at radius 2 is 1.38 bits per heavy atom. The molecule has 0 bridgehead atoms. The van der Waals surface area contributed by atoms with E-state index in [1.165, 1.54) is 62.3 Å². The molecular weight excluding hydrogens is 493 g/mol. The monoisotopic (exact) mass is 535 g/mol. The zero-order chi connectivity index (χ0) is 27.9. The fourth-order valence-electron chi connectivity index (χ4n) is 4.92. The van der Waals surface area contributed by atoms with Crippen LogP contribution in [0.25, 0.3) is 10.8 Å². The molecule has 3 rings (SSSR count). The lowest BCUT2D eigenvalue weighted by Gasteiger charge is -2.22. The van der Waals surface area contributed by atoms with Crippen LogP contribution in [0.2, 0.25) is 0 Å². The first-order valence-corrected chi connectivity index (χ1v) is 14.4. The Morgan fingerprint density at radius 3 is 2.05 bits per heavy atom. The van der Waals surface area contributed by atoms with Crippen LogP contribution in [0.4, 0.5) is 4.39 Å². The molecule has 1 amide bonds. The number of hydrogen-bond donors (Lipinski definition) is 1. The summed E-state index contributed by atoms with van der Waals surface area (Å²) in [6.45, 7) is 3.10. The number of halogens is 1. The van der Waals surface area contributed by atoms with Crippen LogP contribution in [0.5, 0.6) is 5.75 Å². The molecule has 210 valence electrons. The molecule has 5 nitrogen and oxygen atoms in total. The zero-order valence-corrected chi connectivity index (χ0v) is 23.2. The Balaban J connectivity index is 1.57. The largest absolute Gasteiger partial charge is 0.493 e. The number of fused-ring (bicyclic) bond motifs is 1. The van der Waals surface area contributed by atoms with Crippen molar-refractivity contribution >= 4 is 22.6 Å². The predicted molar refractivity (Wildman–Crippen MR) is 154 cm³/mol. The molecule has 0 saturated heterocycles. The van der Waals surface area contributed by atoms with E-state index in [4.69, 9.17) is 4.74 Å². The maximum Gasteiger partial charge on any atom is 0.394 e. The summed E-state index contributed by atoms with van der Waals surface area (Å²) in [5.41, 5.74) is 1.27. The number of unbranched alkanes of at least 4 members (excludes halogenated alkanes) is 9. The summed E-state index contributed by atoms with van der Waals surface area (Å²) >= 11 is 0. The molecule has 0 heterocycles. The van der Waals surface area contributed by atoms with Gasteiger partial charge in [0.25, 0.3) is 0 Å². The average molecular weight is 536 g/mol. The molecule has 0 atom stereocenters. The first kappa shape index (κ1) is 30.1. The number of benzene rings is 3. The van der Waals surface area contributed by atoms with Crippen LogP contribution in [0.1, 0.15) is 82.3 Å². The lowest BCUT2D eigenvalue weighted by atomic mass is 10.0. The first-order valence-electron chi connectivity index (χ1n) is 14.4. The van der Waals surface area contributed by atoms with Crippen molar-refractivity contribution in [1.82, 2.24) is 4.90 Å². The SMILES string of the molecule is CCCCCCCCCCCCOc1ccc(CN(CCc2ccccc2F)C(=O)C(=O)O)c2ccccc12. The third-order valence-electron chi connectivity index (χ3n) is 7.17. The number of carboxylic acids is 1. The Labute approximate surface area is 232 Å². The van der Waals surface area contributed by atoms with E-state index in [0.29, 0.717) is 12.2 Å². The van der Waals surface area contributed by atoms with Crippen molar-refractivity contribution < 1.29 is 23.8 Å². The van der Waals surface area contributed by atoms with Gasteiger partial charge in [0.2, 0.25) is 0 Å². The molecule has 6 heteroatoms. The molecule has 39 heavy (non-hydrogen) atoms. The number of nitrogens with zero attached hydrogens (tertiary/aromatic N) is 1. The van der Waals surface area contributed by atoms with Gasteiger partial charge >= 0.3 is 11.9 Å². The highest BCUT2D eigenvalue weighted by molar-refractivity contribution is 6.31. The third kappa shape index (κ3) is 9.68. The van der Waals surface area contributed by atoms with E-state index in [0.717, 1.165) is 34.9 Å². The normalized spacial score (nSPS) is 11.0. The summed E-state index contributed by atoms with van der Waals surface area (Å²) in [7, 11) is 0. The van der Waals surface area contributed by atoms with E-state index in [9.17, 15) is 19.1 Å². The van der Waals surface area contributed by atoms with Crippen LogP contribution in [-0.2, 0) is 22.6 Å². The molecule has 3 aromatic rings. The van der Waals surface area contributed by atoms with Crippen LogP contribution in [0, 0.1) is 5.82 Å². The first-order chi connectivity index (χ1) is 19.0. The number of carbonyl (C=O) groups excluding carboxylic acids is 1. The number of carbonyl (C=O) groups is 2. The number of rotatable bonds is 17. The summed E-state index contributed by atoms with van der Waals surface area (Å²) in [6.07, 6.45) is 12.9. The Bertz CT molecular complexity index is 1200. The van der Waals surface area contributed by atoms with Gasteiger partial charge < -0.3 is 14.7 Å². The van der Waals surface area contributed by atoms with E-state index < -0.39 is 11.9 Å². The van der Waals surface area contributed by atoms with E-state index in [2.05, 4.69) is 6.92 Å². The molecule has 0 aromatic heterocycles. The van der Waals surface area contributed by atoms with Gasteiger partial charge in [0.15, 0.2) is 0 Å². The lowest BCUT2D eigenvalue weighted by Crippen LogP contribution is -2.37. The predicted octanol–water partition coefficient (Wildman–Crippen LogP) is 7.93. The molecule has 0 aliphatic rings. The van der Waals surface area contributed by atoms with E-state index >= 15 is 0 Å². The fraction of sp³-hybridized carbons (Fsp3) is 0.455. The van der Waals surface area contributed by atoms with Crippen molar-refractivity contribution in [2.45, 2.75) is 84.1 Å². The number of aliphatic carboxylic acids is 1. The van der Waals surface area contributed by atoms with Gasteiger partial charge in [-0.25, -0.2) is 9.18 Å². The molecule has 0 aliphatic carbocycles. The summed E-state index contributed by atoms with van der Waals surface area (Å²) in [5, 5.41) is 11.2. The number of hydrogen-bond acceptors (Lipinski definition) is 3. The zero-order valence-electron chi connectivity index (χ0n) is 23.2. The van der Waals surface area contributed by atoms with E-state index in [-0.39, 0.29) is 25.3 Å². The van der Waals surface area contributed by atoms with Crippen molar-refractivity contribution in [1.29, 1.82) is 0 Å². The van der Waals surface area contributed by atoms with Gasteiger partial charge in [0, 0.05) is 18.5 Å². The van der Waals surface area contributed by atoms with Crippen molar-refractivity contribution in [3.63, 3.8) is 0 Å². The minimum absolute atomic E-state index is 0.0946. The Morgan fingerprint density at radius 1 is 0.769 bits per heavy atom.